The molecule has 1 aromatic rings. The molecule has 1 atom stereocenters. The molecule has 17 heavy (non-hydrogen) atoms. The molecule has 1 rings (SSSR count). The fraction of sp³-hybridized carbons (Fsp3) is 0.500. The van der Waals surface area contributed by atoms with Crippen LogP contribution in [0.3, 0.4) is 0 Å². The van der Waals surface area contributed by atoms with Crippen LogP contribution < -0.4 is 11.1 Å². The fourth-order valence-electron chi connectivity index (χ4n) is 1.74. The first-order valence-electron chi connectivity index (χ1n) is 5.85. The first-order valence-corrected chi connectivity index (χ1v) is 5.85. The molecule has 0 heterocycles. The van der Waals surface area contributed by atoms with Crippen molar-refractivity contribution in [3.8, 4) is 0 Å². The second kappa shape index (κ2) is 4.88. The molecule has 94 valence electrons. The average molecular weight is 234 g/mol. The van der Waals surface area contributed by atoms with Gasteiger partial charge in [-0.3, -0.25) is 4.79 Å². The van der Waals surface area contributed by atoms with Crippen molar-refractivity contribution in [3.05, 3.63) is 34.9 Å². The van der Waals surface area contributed by atoms with Gasteiger partial charge in [0.1, 0.15) is 6.04 Å². The Labute approximate surface area is 103 Å². The van der Waals surface area contributed by atoms with Crippen molar-refractivity contribution in [2.45, 2.75) is 39.2 Å². The zero-order valence-corrected chi connectivity index (χ0v) is 11.3. The second-order valence-electron chi connectivity index (χ2n) is 5.41. The number of benzene rings is 1. The topological polar surface area (TPSA) is 55.1 Å². The van der Waals surface area contributed by atoms with Gasteiger partial charge in [-0.05, 0) is 29.0 Å². The van der Waals surface area contributed by atoms with E-state index in [0.29, 0.717) is 0 Å². The minimum absolute atomic E-state index is 0.0604. The SMILES string of the molecule is CNC(=O)C(N)c1cc(C(C)(C)C)ccc1C. The third kappa shape index (κ3) is 3.07. The lowest BCUT2D eigenvalue weighted by molar-refractivity contribution is -0.122. The molecule has 0 fully saturated rings. The van der Waals surface area contributed by atoms with E-state index >= 15 is 0 Å². The molecule has 3 N–H and O–H groups in total. The van der Waals surface area contributed by atoms with Crippen molar-refractivity contribution >= 4 is 5.91 Å². The molecule has 3 nitrogen and oxygen atoms in total. The summed E-state index contributed by atoms with van der Waals surface area (Å²) in [4.78, 5) is 11.6. The summed E-state index contributed by atoms with van der Waals surface area (Å²) < 4.78 is 0. The van der Waals surface area contributed by atoms with E-state index in [1.807, 2.05) is 19.1 Å². The molecule has 0 aromatic heterocycles. The predicted octanol–water partition coefficient (Wildman–Crippen LogP) is 2.04. The van der Waals surface area contributed by atoms with Gasteiger partial charge in [-0.15, -0.1) is 0 Å². The van der Waals surface area contributed by atoms with E-state index in [-0.39, 0.29) is 11.3 Å². The minimum atomic E-state index is -0.595. The summed E-state index contributed by atoms with van der Waals surface area (Å²) in [5.41, 5.74) is 9.15. The van der Waals surface area contributed by atoms with E-state index < -0.39 is 6.04 Å². The number of likely N-dealkylation sites (N-methyl/N-ethyl adjacent to an activating group) is 1. The number of rotatable bonds is 2. The fourth-order valence-corrected chi connectivity index (χ4v) is 1.74. The third-order valence-electron chi connectivity index (χ3n) is 3.01. The zero-order chi connectivity index (χ0) is 13.2. The van der Waals surface area contributed by atoms with Gasteiger partial charge in [-0.25, -0.2) is 0 Å². The van der Waals surface area contributed by atoms with Gasteiger partial charge >= 0.3 is 0 Å². The van der Waals surface area contributed by atoms with Crippen LogP contribution in [0.4, 0.5) is 0 Å². The monoisotopic (exact) mass is 234 g/mol. The molecule has 1 aromatic carbocycles. The molecule has 0 radical (unpaired) electrons. The van der Waals surface area contributed by atoms with Crippen molar-refractivity contribution in [1.29, 1.82) is 0 Å². The molecule has 0 saturated carbocycles. The zero-order valence-electron chi connectivity index (χ0n) is 11.3. The van der Waals surface area contributed by atoms with Gasteiger partial charge in [0, 0.05) is 7.05 Å². The molecule has 0 bridgehead atoms. The van der Waals surface area contributed by atoms with Crippen molar-refractivity contribution in [3.63, 3.8) is 0 Å². The van der Waals surface area contributed by atoms with Crippen LogP contribution in [0, 0.1) is 6.92 Å². The van der Waals surface area contributed by atoms with E-state index in [1.54, 1.807) is 7.05 Å². The van der Waals surface area contributed by atoms with Crippen LogP contribution >= 0.6 is 0 Å². The standard InChI is InChI=1S/C14H22N2O/c1-9-6-7-10(14(2,3)4)8-11(9)12(15)13(17)16-5/h6-8,12H,15H2,1-5H3,(H,16,17). The highest BCUT2D eigenvalue weighted by molar-refractivity contribution is 5.83. The molecule has 0 aliphatic carbocycles. The lowest BCUT2D eigenvalue weighted by atomic mass is 9.84. The summed E-state index contributed by atoms with van der Waals surface area (Å²) in [6.07, 6.45) is 0. The molecule has 0 spiro atoms. The van der Waals surface area contributed by atoms with Crippen LogP contribution in [0.2, 0.25) is 0 Å². The molecule has 1 unspecified atom stereocenters. The van der Waals surface area contributed by atoms with Crippen LogP contribution in [-0.2, 0) is 10.2 Å². The lowest BCUT2D eigenvalue weighted by Gasteiger charge is -2.22. The Balaban J connectivity index is 3.20. The molecule has 0 saturated heterocycles. The van der Waals surface area contributed by atoms with Crippen LogP contribution in [-0.4, -0.2) is 13.0 Å². The summed E-state index contributed by atoms with van der Waals surface area (Å²) in [6.45, 7) is 8.41. The Kier molecular flexibility index (Phi) is 3.94. The third-order valence-corrected chi connectivity index (χ3v) is 3.01. The number of carbonyl (C=O) groups is 1. The molecule has 0 aliphatic heterocycles. The van der Waals surface area contributed by atoms with Gasteiger partial charge in [0.15, 0.2) is 0 Å². The van der Waals surface area contributed by atoms with Crippen molar-refractivity contribution in [1.82, 2.24) is 5.32 Å². The normalized spacial score (nSPS) is 13.3. The van der Waals surface area contributed by atoms with Gasteiger partial charge in [-0.1, -0.05) is 39.0 Å². The van der Waals surface area contributed by atoms with Crippen molar-refractivity contribution < 1.29 is 4.79 Å². The lowest BCUT2D eigenvalue weighted by Crippen LogP contribution is -2.32. The highest BCUT2D eigenvalue weighted by Gasteiger charge is 2.20. The van der Waals surface area contributed by atoms with Gasteiger partial charge in [0.05, 0.1) is 0 Å². The average Bonchev–Trinajstić information content (AvgIpc) is 2.26. The van der Waals surface area contributed by atoms with Gasteiger partial charge in [-0.2, -0.15) is 0 Å². The molecule has 3 heteroatoms. The molecule has 1 amide bonds. The number of aryl methyl sites for hydroxylation is 1. The smallest absolute Gasteiger partial charge is 0.241 e. The summed E-state index contributed by atoms with van der Waals surface area (Å²) in [6, 6.07) is 5.56. The quantitative estimate of drug-likeness (QED) is 0.822. The van der Waals surface area contributed by atoms with E-state index in [1.165, 1.54) is 5.56 Å². The summed E-state index contributed by atoms with van der Waals surface area (Å²) in [7, 11) is 1.60. The van der Waals surface area contributed by atoms with Crippen LogP contribution in [0.5, 0.6) is 0 Å². The molecule has 0 aliphatic rings. The first kappa shape index (κ1) is 13.7. The highest BCUT2D eigenvalue weighted by atomic mass is 16.2. The Hall–Kier alpha value is -1.35. The largest absolute Gasteiger partial charge is 0.358 e. The summed E-state index contributed by atoms with van der Waals surface area (Å²) in [5, 5.41) is 2.58. The molecular weight excluding hydrogens is 212 g/mol. The number of hydrogen-bond donors (Lipinski definition) is 2. The Morgan fingerprint density at radius 3 is 2.41 bits per heavy atom. The summed E-state index contributed by atoms with van der Waals surface area (Å²) in [5.74, 6) is -0.154. The van der Waals surface area contributed by atoms with E-state index in [0.717, 1.165) is 11.1 Å². The number of hydrogen-bond acceptors (Lipinski definition) is 2. The number of amides is 1. The Morgan fingerprint density at radius 2 is 1.94 bits per heavy atom. The van der Waals surface area contributed by atoms with Crippen molar-refractivity contribution in [2.75, 3.05) is 7.05 Å². The minimum Gasteiger partial charge on any atom is -0.358 e. The maximum atomic E-state index is 11.6. The van der Waals surface area contributed by atoms with Crippen LogP contribution in [0.25, 0.3) is 0 Å². The second-order valence-corrected chi connectivity index (χ2v) is 5.41. The van der Waals surface area contributed by atoms with Crippen LogP contribution in [0.15, 0.2) is 18.2 Å². The highest BCUT2D eigenvalue weighted by Crippen LogP contribution is 2.26. The summed E-state index contributed by atoms with van der Waals surface area (Å²) >= 11 is 0. The van der Waals surface area contributed by atoms with E-state index in [4.69, 9.17) is 5.73 Å². The van der Waals surface area contributed by atoms with Crippen LogP contribution in [0.1, 0.15) is 43.5 Å². The first-order chi connectivity index (χ1) is 7.77. The maximum absolute atomic E-state index is 11.6. The van der Waals surface area contributed by atoms with Gasteiger partial charge in [0.25, 0.3) is 0 Å². The number of nitrogens with one attached hydrogen (secondary N) is 1. The van der Waals surface area contributed by atoms with E-state index in [2.05, 4.69) is 32.2 Å². The van der Waals surface area contributed by atoms with Gasteiger partial charge < -0.3 is 11.1 Å². The van der Waals surface area contributed by atoms with E-state index in [9.17, 15) is 4.79 Å². The maximum Gasteiger partial charge on any atom is 0.241 e. The number of carbonyl (C=O) groups excluding carboxylic acids is 1. The predicted molar refractivity (Wildman–Crippen MR) is 70.9 cm³/mol. The number of nitrogens with two attached hydrogens (primary N) is 1. The Morgan fingerprint density at radius 1 is 1.35 bits per heavy atom. The van der Waals surface area contributed by atoms with Crippen molar-refractivity contribution in [2.24, 2.45) is 5.73 Å². The Bertz CT molecular complexity index is 419. The molecular formula is C14H22N2O. The van der Waals surface area contributed by atoms with Gasteiger partial charge in [0.2, 0.25) is 5.91 Å².